The van der Waals surface area contributed by atoms with Crippen LogP contribution in [0.25, 0.3) is 0 Å². The lowest BCUT2D eigenvalue weighted by Crippen LogP contribution is -1.87. The molecule has 0 N–H and O–H groups in total. The van der Waals surface area contributed by atoms with Gasteiger partial charge in [-0.25, -0.2) is 0 Å². The summed E-state index contributed by atoms with van der Waals surface area (Å²) in [5.74, 6) is 2.17. The Balaban J connectivity index is 2.12. The second-order valence-electron chi connectivity index (χ2n) is 3.35. The van der Waals surface area contributed by atoms with E-state index in [1.165, 1.54) is 25.7 Å². The van der Waals surface area contributed by atoms with Gasteiger partial charge in [0.1, 0.15) is 0 Å². The summed E-state index contributed by atoms with van der Waals surface area (Å²) in [6, 6.07) is 0. The number of hydrogen-bond acceptors (Lipinski definition) is 0. The average molecular weight is 106 g/mol. The predicted octanol–water partition coefficient (Wildman–Crippen LogP) is 2.12. The maximum Gasteiger partial charge on any atom is 0.00158 e. The van der Waals surface area contributed by atoms with E-state index in [9.17, 15) is 0 Å². The minimum atomic E-state index is 1.08. The first kappa shape index (κ1) is 3.71. The smallest absolute Gasteiger partial charge is 0.00158 e. The molecule has 1 fully saturated rings. The van der Waals surface area contributed by atoms with Crippen molar-refractivity contribution in [3.05, 3.63) is 11.1 Å². The Morgan fingerprint density at radius 1 is 1.12 bits per heavy atom. The second kappa shape index (κ2) is 0.896. The van der Waals surface area contributed by atoms with E-state index in [4.69, 9.17) is 0 Å². The third-order valence-electron chi connectivity index (χ3n) is 3.09. The molecule has 0 aliphatic heterocycles. The first-order valence-corrected chi connectivity index (χ1v) is 3.69. The van der Waals surface area contributed by atoms with Crippen LogP contribution < -0.4 is 0 Å². The SMILES string of the molecule is C1CC2CCC3C1=C23. The van der Waals surface area contributed by atoms with Crippen molar-refractivity contribution in [1.82, 2.24) is 0 Å². The molecule has 42 valence electrons. The van der Waals surface area contributed by atoms with Crippen molar-refractivity contribution in [2.45, 2.75) is 25.7 Å². The molecule has 1 saturated carbocycles. The van der Waals surface area contributed by atoms with Crippen LogP contribution in [0.1, 0.15) is 25.7 Å². The number of rotatable bonds is 0. The summed E-state index contributed by atoms with van der Waals surface area (Å²) in [4.78, 5) is 0. The van der Waals surface area contributed by atoms with Crippen LogP contribution in [-0.4, -0.2) is 0 Å². The second-order valence-corrected chi connectivity index (χ2v) is 3.35. The van der Waals surface area contributed by atoms with Crippen molar-refractivity contribution < 1.29 is 0 Å². The van der Waals surface area contributed by atoms with Crippen LogP contribution in [0.4, 0.5) is 0 Å². The first-order chi connectivity index (χ1) is 3.97. The number of fused-ring (bicyclic) bond motifs is 1. The zero-order valence-corrected chi connectivity index (χ0v) is 4.98. The molecular weight excluding hydrogens is 96.1 g/mol. The van der Waals surface area contributed by atoms with E-state index >= 15 is 0 Å². The van der Waals surface area contributed by atoms with Gasteiger partial charge < -0.3 is 0 Å². The maximum atomic E-state index is 1.91. The minimum Gasteiger partial charge on any atom is -0.0629 e. The van der Waals surface area contributed by atoms with Gasteiger partial charge in [-0.3, -0.25) is 0 Å². The molecule has 0 saturated heterocycles. The molecule has 2 atom stereocenters. The molecule has 3 aliphatic rings. The summed E-state index contributed by atoms with van der Waals surface area (Å²) in [5.41, 5.74) is 3.78. The van der Waals surface area contributed by atoms with Gasteiger partial charge in [0.2, 0.25) is 0 Å². The Morgan fingerprint density at radius 2 is 2.12 bits per heavy atom. The molecule has 0 aromatic rings. The molecule has 0 aromatic carbocycles. The molecular formula is C8H10. The van der Waals surface area contributed by atoms with Crippen LogP contribution in [0.2, 0.25) is 0 Å². The van der Waals surface area contributed by atoms with Crippen LogP contribution in [0.15, 0.2) is 11.1 Å². The van der Waals surface area contributed by atoms with Crippen molar-refractivity contribution in [2.75, 3.05) is 0 Å². The molecule has 3 aliphatic carbocycles. The highest BCUT2D eigenvalue weighted by molar-refractivity contribution is 5.49. The lowest BCUT2D eigenvalue weighted by molar-refractivity contribution is 0.612. The summed E-state index contributed by atoms with van der Waals surface area (Å²) in [7, 11) is 0. The van der Waals surface area contributed by atoms with Gasteiger partial charge in [-0.05, 0) is 31.6 Å². The molecule has 3 rings (SSSR count). The zero-order valence-electron chi connectivity index (χ0n) is 4.98. The van der Waals surface area contributed by atoms with Gasteiger partial charge in [0.05, 0.1) is 0 Å². The van der Waals surface area contributed by atoms with Gasteiger partial charge >= 0.3 is 0 Å². The standard InChI is InChI=1S/C8H10/c1-3-6-7-4-2-5(1)8(6)7/h5-6H,1-4H2. The monoisotopic (exact) mass is 106 g/mol. The molecule has 0 bridgehead atoms. The Kier molecular flexibility index (Phi) is 0.415. The van der Waals surface area contributed by atoms with Crippen molar-refractivity contribution in [3.8, 4) is 0 Å². The molecule has 0 nitrogen and oxygen atoms in total. The molecule has 0 spiro atoms. The van der Waals surface area contributed by atoms with E-state index < -0.39 is 0 Å². The summed E-state index contributed by atoms with van der Waals surface area (Å²) >= 11 is 0. The highest BCUT2D eigenvalue weighted by Crippen LogP contribution is 2.62. The Bertz CT molecular complexity index is 176. The van der Waals surface area contributed by atoms with Gasteiger partial charge in [0, 0.05) is 5.92 Å². The van der Waals surface area contributed by atoms with Crippen LogP contribution in [0.3, 0.4) is 0 Å². The summed E-state index contributed by atoms with van der Waals surface area (Å²) in [6.45, 7) is 0. The molecule has 8 heavy (non-hydrogen) atoms. The van der Waals surface area contributed by atoms with Crippen molar-refractivity contribution >= 4 is 0 Å². The van der Waals surface area contributed by atoms with Crippen molar-refractivity contribution in [3.63, 3.8) is 0 Å². The van der Waals surface area contributed by atoms with Gasteiger partial charge in [0.15, 0.2) is 0 Å². The fourth-order valence-electron chi connectivity index (χ4n) is 2.69. The Morgan fingerprint density at radius 3 is 2.75 bits per heavy atom. The molecule has 0 heteroatoms. The third kappa shape index (κ3) is 0.229. The third-order valence-corrected chi connectivity index (χ3v) is 3.09. The summed E-state index contributed by atoms with van der Waals surface area (Å²) in [6.07, 6.45) is 6.05. The highest BCUT2D eigenvalue weighted by Gasteiger charge is 2.49. The molecule has 0 aromatic heterocycles. The van der Waals surface area contributed by atoms with Crippen molar-refractivity contribution in [1.29, 1.82) is 0 Å². The number of hydrogen-bond donors (Lipinski definition) is 0. The largest absolute Gasteiger partial charge is 0.0629 e. The van der Waals surface area contributed by atoms with Crippen LogP contribution in [0, 0.1) is 11.8 Å². The maximum absolute atomic E-state index is 1.91. The fraction of sp³-hybridized carbons (Fsp3) is 0.750. The van der Waals surface area contributed by atoms with E-state index in [1.54, 1.807) is 0 Å². The molecule has 0 radical (unpaired) electrons. The number of allylic oxidation sites excluding steroid dienone is 2. The quantitative estimate of drug-likeness (QED) is 0.415. The van der Waals surface area contributed by atoms with Crippen LogP contribution in [0.5, 0.6) is 0 Å². The summed E-state index contributed by atoms with van der Waals surface area (Å²) < 4.78 is 0. The molecule has 0 amide bonds. The molecule has 0 heterocycles. The van der Waals surface area contributed by atoms with Crippen LogP contribution >= 0.6 is 0 Å². The van der Waals surface area contributed by atoms with E-state index in [2.05, 4.69) is 0 Å². The zero-order chi connectivity index (χ0) is 5.14. The van der Waals surface area contributed by atoms with Gasteiger partial charge in [-0.1, -0.05) is 11.1 Å². The van der Waals surface area contributed by atoms with Gasteiger partial charge in [0.25, 0.3) is 0 Å². The average Bonchev–Trinajstić information content (AvgIpc) is 2.11. The minimum absolute atomic E-state index is 1.08. The lowest BCUT2D eigenvalue weighted by atomic mass is 10.1. The topological polar surface area (TPSA) is 0 Å². The Labute approximate surface area is 49.6 Å². The van der Waals surface area contributed by atoms with E-state index in [0.717, 1.165) is 11.8 Å². The normalized spacial score (nSPS) is 48.0. The van der Waals surface area contributed by atoms with E-state index in [0.29, 0.717) is 0 Å². The van der Waals surface area contributed by atoms with Crippen molar-refractivity contribution in [2.24, 2.45) is 11.8 Å². The highest BCUT2D eigenvalue weighted by atomic mass is 14.5. The van der Waals surface area contributed by atoms with Gasteiger partial charge in [-0.2, -0.15) is 0 Å². The summed E-state index contributed by atoms with van der Waals surface area (Å²) in [5, 5.41) is 0. The van der Waals surface area contributed by atoms with Gasteiger partial charge in [-0.15, -0.1) is 0 Å². The molecule has 2 unspecified atom stereocenters. The fourth-order valence-corrected chi connectivity index (χ4v) is 2.69. The lowest BCUT2D eigenvalue weighted by Gasteiger charge is -1.99. The first-order valence-electron chi connectivity index (χ1n) is 3.69. The van der Waals surface area contributed by atoms with E-state index in [1.807, 2.05) is 11.1 Å². The van der Waals surface area contributed by atoms with Crippen LogP contribution in [-0.2, 0) is 0 Å². The Hall–Kier alpha value is -0.260. The van der Waals surface area contributed by atoms with E-state index in [-0.39, 0.29) is 0 Å². The predicted molar refractivity (Wildman–Crippen MR) is 32.5 cm³/mol.